The van der Waals surface area contributed by atoms with Gasteiger partial charge < -0.3 is 15.2 Å². The number of rotatable bonds is 5. The summed E-state index contributed by atoms with van der Waals surface area (Å²) in [6.07, 6.45) is 0.771. The summed E-state index contributed by atoms with van der Waals surface area (Å²) in [7, 11) is 0.817. The molecule has 2 fully saturated rings. The van der Waals surface area contributed by atoms with Crippen LogP contribution < -0.4 is 15.2 Å². The van der Waals surface area contributed by atoms with Gasteiger partial charge in [0.05, 0.1) is 18.6 Å². The average Bonchev–Trinajstić information content (AvgIpc) is 2.87. The number of sulfone groups is 1. The predicted molar refractivity (Wildman–Crippen MR) is 88.6 cm³/mol. The van der Waals surface area contributed by atoms with Gasteiger partial charge in [0, 0.05) is 12.6 Å². The van der Waals surface area contributed by atoms with Crippen LogP contribution in [-0.4, -0.2) is 58.2 Å². The fraction of sp³-hybridized carbons (Fsp3) is 0.625. The summed E-state index contributed by atoms with van der Waals surface area (Å²) >= 11 is 0. The van der Waals surface area contributed by atoms with Gasteiger partial charge in [0.2, 0.25) is 0 Å². The quantitative estimate of drug-likeness (QED) is 0.855. The zero-order valence-electron chi connectivity index (χ0n) is 13.6. The smallest absolute Gasteiger partial charge is 0.161 e. The molecule has 7 heteroatoms. The van der Waals surface area contributed by atoms with Gasteiger partial charge in [0.15, 0.2) is 21.3 Å². The lowest BCUT2D eigenvalue weighted by Gasteiger charge is -2.28. The number of hydrogen-bond donors (Lipinski definition) is 1. The van der Waals surface area contributed by atoms with Gasteiger partial charge in [-0.3, -0.25) is 4.90 Å². The second-order valence-electron chi connectivity index (χ2n) is 6.52. The van der Waals surface area contributed by atoms with Crippen molar-refractivity contribution in [3.8, 4) is 11.5 Å². The van der Waals surface area contributed by atoms with E-state index in [1.54, 1.807) is 7.11 Å². The Morgan fingerprint density at radius 3 is 2.61 bits per heavy atom. The molecule has 0 aliphatic carbocycles. The summed E-state index contributed by atoms with van der Waals surface area (Å²) in [6, 6.07) is 6.23. The van der Waals surface area contributed by atoms with E-state index in [0.717, 1.165) is 13.0 Å². The van der Waals surface area contributed by atoms with Crippen LogP contribution in [0.3, 0.4) is 0 Å². The second kappa shape index (κ2) is 6.30. The Labute approximate surface area is 137 Å². The minimum atomic E-state index is -2.89. The Balaban J connectivity index is 1.75. The van der Waals surface area contributed by atoms with Crippen LogP contribution in [0.5, 0.6) is 11.5 Å². The fourth-order valence-corrected chi connectivity index (χ4v) is 4.59. The first-order valence-electron chi connectivity index (χ1n) is 7.87. The van der Waals surface area contributed by atoms with Gasteiger partial charge in [-0.2, -0.15) is 0 Å². The van der Waals surface area contributed by atoms with Gasteiger partial charge in [0.25, 0.3) is 0 Å². The number of likely N-dealkylation sites (tertiary alicyclic amines) is 1. The maximum atomic E-state index is 11.2. The van der Waals surface area contributed by atoms with E-state index >= 15 is 0 Å². The Kier molecular flexibility index (Phi) is 4.53. The van der Waals surface area contributed by atoms with E-state index in [0.29, 0.717) is 30.0 Å². The first-order valence-corrected chi connectivity index (χ1v) is 9.69. The summed E-state index contributed by atoms with van der Waals surface area (Å²) < 4.78 is 33.7. The zero-order chi connectivity index (χ0) is 16.6. The van der Waals surface area contributed by atoms with Crippen molar-refractivity contribution in [2.45, 2.75) is 18.6 Å². The molecule has 2 atom stereocenters. The third-order valence-electron chi connectivity index (χ3n) is 4.71. The van der Waals surface area contributed by atoms with Crippen LogP contribution in [0.1, 0.15) is 18.0 Å². The van der Waals surface area contributed by atoms with Crippen LogP contribution in [0.25, 0.3) is 0 Å². The Morgan fingerprint density at radius 1 is 1.30 bits per heavy atom. The SMILES string of the molecule is COc1cc(C2CC(CN)CN2C)ccc1OC1CS(=O)(=O)C1. The van der Waals surface area contributed by atoms with Gasteiger partial charge in [-0.25, -0.2) is 8.42 Å². The molecular weight excluding hydrogens is 316 g/mol. The Hall–Kier alpha value is -1.31. The molecule has 0 radical (unpaired) electrons. The van der Waals surface area contributed by atoms with Gasteiger partial charge in [-0.1, -0.05) is 6.07 Å². The lowest BCUT2D eigenvalue weighted by atomic mass is 9.99. The minimum Gasteiger partial charge on any atom is -0.493 e. The zero-order valence-corrected chi connectivity index (χ0v) is 14.4. The first-order chi connectivity index (χ1) is 10.9. The minimum absolute atomic E-state index is 0.0848. The van der Waals surface area contributed by atoms with E-state index in [1.807, 2.05) is 18.2 Å². The summed E-state index contributed by atoms with van der Waals surface area (Å²) in [5, 5.41) is 0. The number of ether oxygens (including phenoxy) is 2. The molecule has 2 aliphatic heterocycles. The normalized spacial score (nSPS) is 27.6. The molecule has 1 aromatic rings. The summed E-state index contributed by atoms with van der Waals surface area (Å²) in [6.45, 7) is 1.71. The maximum Gasteiger partial charge on any atom is 0.161 e. The number of hydrogen-bond acceptors (Lipinski definition) is 6. The molecule has 23 heavy (non-hydrogen) atoms. The van der Waals surface area contributed by atoms with Crippen LogP contribution in [-0.2, 0) is 9.84 Å². The molecule has 0 saturated carbocycles. The number of methoxy groups -OCH3 is 1. The molecule has 0 amide bonds. The summed E-state index contributed by atoms with van der Waals surface area (Å²) in [5.74, 6) is 1.94. The van der Waals surface area contributed by atoms with Crippen LogP contribution >= 0.6 is 0 Å². The summed E-state index contributed by atoms with van der Waals surface area (Å²) in [5.41, 5.74) is 6.97. The van der Waals surface area contributed by atoms with E-state index in [-0.39, 0.29) is 17.6 Å². The van der Waals surface area contributed by atoms with E-state index < -0.39 is 9.84 Å². The average molecular weight is 340 g/mol. The molecule has 0 bridgehead atoms. The van der Waals surface area contributed by atoms with Gasteiger partial charge >= 0.3 is 0 Å². The standard InChI is InChI=1S/C16H24N2O4S/c1-18-8-11(7-17)5-14(18)12-3-4-15(16(6-12)21-2)22-13-9-23(19,20)10-13/h3-4,6,11,13-14H,5,7-10,17H2,1-2H3. The topological polar surface area (TPSA) is 81.9 Å². The highest BCUT2D eigenvalue weighted by atomic mass is 32.2. The van der Waals surface area contributed by atoms with E-state index in [9.17, 15) is 8.42 Å². The third-order valence-corrected chi connectivity index (χ3v) is 6.47. The monoisotopic (exact) mass is 340 g/mol. The van der Waals surface area contributed by atoms with Gasteiger partial charge in [0.1, 0.15) is 6.10 Å². The molecule has 128 valence electrons. The van der Waals surface area contributed by atoms with Crippen molar-refractivity contribution in [2.75, 3.05) is 38.8 Å². The van der Waals surface area contributed by atoms with E-state index in [4.69, 9.17) is 15.2 Å². The highest BCUT2D eigenvalue weighted by Gasteiger charge is 2.36. The molecule has 2 N–H and O–H groups in total. The van der Waals surface area contributed by atoms with Crippen molar-refractivity contribution >= 4 is 9.84 Å². The Morgan fingerprint density at radius 2 is 2.04 bits per heavy atom. The second-order valence-corrected chi connectivity index (χ2v) is 8.67. The molecule has 2 heterocycles. The number of benzene rings is 1. The maximum absolute atomic E-state index is 11.2. The molecule has 1 aromatic carbocycles. The van der Waals surface area contributed by atoms with Crippen LogP contribution in [0.15, 0.2) is 18.2 Å². The number of nitrogens with two attached hydrogens (primary N) is 1. The molecular formula is C16H24N2O4S. The lowest BCUT2D eigenvalue weighted by Crippen LogP contribution is -2.45. The van der Waals surface area contributed by atoms with Crippen molar-refractivity contribution in [1.29, 1.82) is 0 Å². The van der Waals surface area contributed by atoms with Gasteiger partial charge in [-0.15, -0.1) is 0 Å². The molecule has 2 saturated heterocycles. The fourth-order valence-electron chi connectivity index (χ4n) is 3.42. The molecule has 2 aliphatic rings. The molecule has 0 spiro atoms. The van der Waals surface area contributed by atoms with Crippen molar-refractivity contribution in [2.24, 2.45) is 11.7 Å². The number of nitrogens with zero attached hydrogens (tertiary/aromatic N) is 1. The van der Waals surface area contributed by atoms with Gasteiger partial charge in [-0.05, 0) is 43.6 Å². The van der Waals surface area contributed by atoms with E-state index in [1.165, 1.54) is 5.56 Å². The van der Waals surface area contributed by atoms with Crippen LogP contribution in [0.2, 0.25) is 0 Å². The molecule has 0 aromatic heterocycles. The molecule has 2 unspecified atom stereocenters. The third kappa shape index (κ3) is 3.46. The summed E-state index contributed by atoms with van der Waals surface area (Å²) in [4.78, 5) is 2.31. The van der Waals surface area contributed by atoms with Crippen molar-refractivity contribution in [3.05, 3.63) is 23.8 Å². The predicted octanol–water partition coefficient (Wildman–Crippen LogP) is 0.822. The highest BCUT2D eigenvalue weighted by molar-refractivity contribution is 7.92. The highest BCUT2D eigenvalue weighted by Crippen LogP contribution is 2.38. The van der Waals surface area contributed by atoms with E-state index in [2.05, 4.69) is 11.9 Å². The van der Waals surface area contributed by atoms with Crippen LogP contribution in [0.4, 0.5) is 0 Å². The largest absolute Gasteiger partial charge is 0.493 e. The first kappa shape index (κ1) is 16.5. The van der Waals surface area contributed by atoms with Crippen molar-refractivity contribution < 1.29 is 17.9 Å². The molecule has 6 nitrogen and oxygen atoms in total. The van der Waals surface area contributed by atoms with Crippen molar-refractivity contribution in [1.82, 2.24) is 4.90 Å². The molecule has 3 rings (SSSR count). The lowest BCUT2D eigenvalue weighted by molar-refractivity contribution is 0.219. The van der Waals surface area contributed by atoms with Crippen LogP contribution in [0, 0.1) is 5.92 Å². The van der Waals surface area contributed by atoms with Crippen molar-refractivity contribution in [3.63, 3.8) is 0 Å². The Bertz CT molecular complexity index is 665.